The van der Waals surface area contributed by atoms with Crippen LogP contribution in [0.25, 0.3) is 11.1 Å². The van der Waals surface area contributed by atoms with Crippen molar-refractivity contribution in [2.45, 2.75) is 25.0 Å². The van der Waals surface area contributed by atoms with E-state index >= 15 is 0 Å². The Balaban J connectivity index is 1.34. The van der Waals surface area contributed by atoms with Crippen molar-refractivity contribution >= 4 is 12.1 Å². The second-order valence-electron chi connectivity index (χ2n) is 7.96. The van der Waals surface area contributed by atoms with Crippen molar-refractivity contribution in [3.05, 3.63) is 88.7 Å². The molecule has 1 aromatic heterocycles. The van der Waals surface area contributed by atoms with E-state index in [2.05, 4.69) is 10.3 Å². The Morgan fingerprint density at radius 3 is 2.24 bits per heavy atom. The number of hydrogen-bond donors (Lipinski definition) is 4. The van der Waals surface area contributed by atoms with Gasteiger partial charge in [0.05, 0.1) is 0 Å². The number of aromatic carboxylic acids is 1. The van der Waals surface area contributed by atoms with E-state index < -0.39 is 24.3 Å². The summed E-state index contributed by atoms with van der Waals surface area (Å²) < 4.78 is 5.42. The summed E-state index contributed by atoms with van der Waals surface area (Å²) in [6.45, 7) is 1.43. The Kier molecular flexibility index (Phi) is 6.39. The van der Waals surface area contributed by atoms with Crippen LogP contribution in [-0.4, -0.2) is 51.6 Å². The lowest BCUT2D eigenvalue weighted by Gasteiger charge is -2.19. The summed E-state index contributed by atoms with van der Waals surface area (Å²) in [5, 5.41) is 32.1. The van der Waals surface area contributed by atoms with E-state index in [0.717, 1.165) is 22.3 Å². The van der Waals surface area contributed by atoms with Crippen LogP contribution >= 0.6 is 0 Å². The molecule has 8 heteroatoms. The molecule has 2 aromatic carbocycles. The van der Waals surface area contributed by atoms with Gasteiger partial charge in [-0.15, -0.1) is 0 Å². The molecule has 0 bridgehead atoms. The normalized spacial score (nSPS) is 14.2. The Hall–Kier alpha value is -3.75. The first kappa shape index (κ1) is 22.4. The van der Waals surface area contributed by atoms with E-state index in [1.165, 1.54) is 12.3 Å². The first-order valence-corrected chi connectivity index (χ1v) is 10.5. The number of nitrogens with zero attached hydrogens (tertiary/aromatic N) is 1. The van der Waals surface area contributed by atoms with E-state index in [0.29, 0.717) is 5.56 Å². The van der Waals surface area contributed by atoms with Gasteiger partial charge in [-0.2, -0.15) is 0 Å². The number of carbonyl (C=O) groups is 2. The topological polar surface area (TPSA) is 129 Å². The van der Waals surface area contributed by atoms with E-state index in [1.54, 1.807) is 6.92 Å². The number of fused-ring (bicyclic) bond motifs is 3. The van der Waals surface area contributed by atoms with Crippen LogP contribution in [0.3, 0.4) is 0 Å². The number of carboxylic acid groups (broad SMARTS) is 1. The minimum atomic E-state index is -1.35. The average Bonchev–Trinajstić information content (AvgIpc) is 3.14. The molecule has 1 heterocycles. The van der Waals surface area contributed by atoms with Gasteiger partial charge in [-0.25, -0.2) is 14.6 Å². The largest absolute Gasteiger partial charge is 0.477 e. The molecular weight excluding hydrogens is 424 g/mol. The first-order chi connectivity index (χ1) is 15.9. The number of carboxylic acids is 1. The standard InChI is InChI=1S/C25H24N2O6/c1-14-10-15(11-26-22(14)24(30)31)23(29)21(28)12-27-25(32)33-13-20-18-8-4-2-6-16(18)17-7-3-5-9-19(17)20/h2-11,20-21,23,28-29H,12-13H2,1H3,(H,27,32)(H,30,31). The van der Waals surface area contributed by atoms with Crippen LogP contribution in [0.5, 0.6) is 0 Å². The van der Waals surface area contributed by atoms with Crippen LogP contribution < -0.4 is 5.32 Å². The number of nitrogens with one attached hydrogen (secondary N) is 1. The Morgan fingerprint density at radius 2 is 1.67 bits per heavy atom. The lowest BCUT2D eigenvalue weighted by molar-refractivity contribution is 0.0183. The van der Waals surface area contributed by atoms with Gasteiger partial charge in [0, 0.05) is 24.2 Å². The number of hydrogen-bond acceptors (Lipinski definition) is 6. The highest BCUT2D eigenvalue weighted by Crippen LogP contribution is 2.44. The molecular formula is C25H24N2O6. The number of aliphatic hydroxyl groups is 2. The van der Waals surface area contributed by atoms with Gasteiger partial charge < -0.3 is 25.4 Å². The molecule has 1 aliphatic rings. The highest BCUT2D eigenvalue weighted by Gasteiger charge is 2.29. The third-order valence-electron chi connectivity index (χ3n) is 5.81. The molecule has 8 nitrogen and oxygen atoms in total. The number of aryl methyl sites for hydroxylation is 1. The maximum Gasteiger partial charge on any atom is 0.407 e. The molecule has 4 N–H and O–H groups in total. The number of carbonyl (C=O) groups excluding carboxylic acids is 1. The summed E-state index contributed by atoms with van der Waals surface area (Å²) in [5.41, 5.74) is 4.91. The quantitative estimate of drug-likeness (QED) is 0.437. The van der Waals surface area contributed by atoms with Crippen molar-refractivity contribution in [3.63, 3.8) is 0 Å². The van der Waals surface area contributed by atoms with Crippen molar-refractivity contribution in [2.75, 3.05) is 13.2 Å². The molecule has 2 atom stereocenters. The second kappa shape index (κ2) is 9.40. The number of aromatic nitrogens is 1. The van der Waals surface area contributed by atoms with E-state index in [9.17, 15) is 19.8 Å². The number of benzene rings is 2. The molecule has 170 valence electrons. The highest BCUT2D eigenvalue weighted by atomic mass is 16.5. The zero-order chi connectivity index (χ0) is 23.5. The molecule has 0 radical (unpaired) electrons. The van der Waals surface area contributed by atoms with Crippen molar-refractivity contribution in [2.24, 2.45) is 0 Å². The number of ether oxygens (including phenoxy) is 1. The van der Waals surface area contributed by atoms with Gasteiger partial charge in [0.25, 0.3) is 0 Å². The van der Waals surface area contributed by atoms with Crippen LogP contribution in [0, 0.1) is 6.92 Å². The van der Waals surface area contributed by atoms with Crippen LogP contribution in [-0.2, 0) is 4.74 Å². The molecule has 0 aliphatic heterocycles. The predicted molar refractivity (Wildman–Crippen MR) is 120 cm³/mol. The molecule has 0 saturated carbocycles. The molecule has 0 saturated heterocycles. The number of amides is 1. The minimum Gasteiger partial charge on any atom is -0.477 e. The van der Waals surface area contributed by atoms with Gasteiger partial charge in [-0.1, -0.05) is 48.5 Å². The van der Waals surface area contributed by atoms with Gasteiger partial charge in [0.1, 0.15) is 18.8 Å². The van der Waals surface area contributed by atoms with Gasteiger partial charge in [0.2, 0.25) is 0 Å². The number of aliphatic hydroxyl groups excluding tert-OH is 2. The van der Waals surface area contributed by atoms with Gasteiger partial charge in [0.15, 0.2) is 5.69 Å². The number of rotatable bonds is 7. The maximum absolute atomic E-state index is 12.3. The molecule has 4 rings (SSSR count). The van der Waals surface area contributed by atoms with Crippen molar-refractivity contribution in [1.29, 1.82) is 0 Å². The number of alkyl carbamates (subject to hydrolysis) is 1. The summed E-state index contributed by atoms with van der Waals surface area (Å²) in [5.74, 6) is -1.26. The third-order valence-corrected chi connectivity index (χ3v) is 5.81. The van der Waals surface area contributed by atoms with E-state index in [-0.39, 0.29) is 30.3 Å². The van der Waals surface area contributed by atoms with Gasteiger partial charge in [-0.3, -0.25) is 0 Å². The number of pyridine rings is 1. The minimum absolute atomic E-state index is 0.0829. The van der Waals surface area contributed by atoms with E-state index in [1.807, 2.05) is 48.5 Å². The summed E-state index contributed by atoms with van der Waals surface area (Å²) in [6.07, 6.45) is -2.20. The van der Waals surface area contributed by atoms with Crippen LogP contribution in [0.4, 0.5) is 4.79 Å². The first-order valence-electron chi connectivity index (χ1n) is 10.5. The fourth-order valence-corrected chi connectivity index (χ4v) is 4.15. The zero-order valence-electron chi connectivity index (χ0n) is 17.9. The third kappa shape index (κ3) is 4.57. The maximum atomic E-state index is 12.3. The zero-order valence-corrected chi connectivity index (χ0v) is 17.9. The Labute approximate surface area is 190 Å². The van der Waals surface area contributed by atoms with Gasteiger partial charge >= 0.3 is 12.1 Å². The monoisotopic (exact) mass is 448 g/mol. The van der Waals surface area contributed by atoms with Crippen LogP contribution in [0.1, 0.15) is 44.8 Å². The van der Waals surface area contributed by atoms with Crippen molar-refractivity contribution < 1.29 is 29.6 Å². The summed E-state index contributed by atoms with van der Waals surface area (Å²) in [7, 11) is 0. The van der Waals surface area contributed by atoms with Crippen molar-refractivity contribution in [3.8, 4) is 11.1 Å². The second-order valence-corrected chi connectivity index (χ2v) is 7.96. The van der Waals surface area contributed by atoms with Gasteiger partial charge in [-0.05, 0) is 40.8 Å². The fraction of sp³-hybridized carbons (Fsp3) is 0.240. The average molecular weight is 448 g/mol. The van der Waals surface area contributed by atoms with Crippen LogP contribution in [0.15, 0.2) is 60.8 Å². The smallest absolute Gasteiger partial charge is 0.407 e. The Bertz CT molecular complexity index is 1150. The molecule has 33 heavy (non-hydrogen) atoms. The fourth-order valence-electron chi connectivity index (χ4n) is 4.15. The molecule has 1 amide bonds. The van der Waals surface area contributed by atoms with Crippen molar-refractivity contribution in [1.82, 2.24) is 10.3 Å². The van der Waals surface area contributed by atoms with Crippen LogP contribution in [0.2, 0.25) is 0 Å². The molecule has 2 unspecified atom stereocenters. The molecule has 0 fully saturated rings. The van der Waals surface area contributed by atoms with E-state index in [4.69, 9.17) is 9.84 Å². The predicted octanol–water partition coefficient (Wildman–Crippen LogP) is 3.02. The lowest BCUT2D eigenvalue weighted by Crippen LogP contribution is -2.36. The molecule has 3 aromatic rings. The Morgan fingerprint density at radius 1 is 1.06 bits per heavy atom. The SMILES string of the molecule is Cc1cc(C(O)C(O)CNC(=O)OCC2c3ccccc3-c3ccccc32)cnc1C(=O)O. The molecule has 0 spiro atoms. The lowest BCUT2D eigenvalue weighted by atomic mass is 9.98. The highest BCUT2D eigenvalue weighted by molar-refractivity contribution is 5.87. The molecule has 1 aliphatic carbocycles. The summed E-state index contributed by atoms with van der Waals surface area (Å²) >= 11 is 0. The summed E-state index contributed by atoms with van der Waals surface area (Å²) in [6, 6.07) is 17.4. The summed E-state index contributed by atoms with van der Waals surface area (Å²) in [4.78, 5) is 27.1.